The number of alkyl halides is 3. The molecule has 68 heavy (non-hydrogen) atoms. The average molecular weight is 883 g/mol. The van der Waals surface area contributed by atoms with E-state index >= 15 is 0 Å². The van der Waals surface area contributed by atoms with Crippen molar-refractivity contribution >= 4 is 54.1 Å². The molecule has 0 fully saturated rings. The number of halogens is 3. The van der Waals surface area contributed by atoms with Crippen molar-refractivity contribution in [2.45, 2.75) is 25.4 Å². The van der Waals surface area contributed by atoms with Crippen LogP contribution in [0, 0.1) is 0 Å². The second-order valence-electron chi connectivity index (χ2n) is 18.6. The summed E-state index contributed by atoms with van der Waals surface area (Å²) >= 11 is 0. The average Bonchev–Trinajstić information content (AvgIpc) is 3.82. The zero-order valence-electron chi connectivity index (χ0n) is 37.2. The SMILES string of the molecule is CC1(C)c2ccccc2-c2cc(-c3ccc4c5ccccc5c5cc6c(cc5c4c3)c3cc(-c4ccc(C(F)(F)F)cc4)ccc3n6-c3cc(-c4ccccc4)nc(-c4ccccc4)c3)ccc21. The molecule has 0 radical (unpaired) electrons. The lowest BCUT2D eigenvalue weighted by Crippen LogP contribution is -2.14. The summed E-state index contributed by atoms with van der Waals surface area (Å²) in [5.74, 6) is 0. The van der Waals surface area contributed by atoms with Crippen LogP contribution in [0.25, 0.3) is 116 Å². The molecule has 0 amide bonds. The molecule has 2 aromatic heterocycles. The topological polar surface area (TPSA) is 17.8 Å². The Labute approximate surface area is 391 Å². The Morgan fingerprint density at radius 3 is 1.57 bits per heavy atom. The van der Waals surface area contributed by atoms with E-state index in [-0.39, 0.29) is 5.41 Å². The van der Waals surface area contributed by atoms with E-state index in [1.54, 1.807) is 12.1 Å². The third-order valence-electron chi connectivity index (χ3n) is 14.4. The molecule has 1 aliphatic rings. The van der Waals surface area contributed by atoms with E-state index in [2.05, 4.69) is 164 Å². The van der Waals surface area contributed by atoms with E-state index in [4.69, 9.17) is 4.98 Å². The van der Waals surface area contributed by atoms with Crippen molar-refractivity contribution in [2.75, 3.05) is 0 Å². The molecule has 12 aromatic rings. The molecule has 0 spiro atoms. The Kier molecular flexibility index (Phi) is 8.75. The number of aromatic nitrogens is 2. The minimum Gasteiger partial charge on any atom is -0.309 e. The van der Waals surface area contributed by atoms with Gasteiger partial charge in [-0.3, -0.25) is 0 Å². The first kappa shape index (κ1) is 40.0. The quantitative estimate of drug-likeness (QED) is 0.158. The lowest BCUT2D eigenvalue weighted by molar-refractivity contribution is -0.137. The van der Waals surface area contributed by atoms with Gasteiger partial charge in [-0.15, -0.1) is 0 Å². The summed E-state index contributed by atoms with van der Waals surface area (Å²) in [6.07, 6.45) is -4.42. The van der Waals surface area contributed by atoms with Gasteiger partial charge in [-0.1, -0.05) is 166 Å². The van der Waals surface area contributed by atoms with Gasteiger partial charge in [0.1, 0.15) is 0 Å². The predicted molar refractivity (Wildman–Crippen MR) is 275 cm³/mol. The molecule has 0 atom stereocenters. The molecular weight excluding hydrogens is 842 g/mol. The predicted octanol–water partition coefficient (Wildman–Crippen LogP) is 17.6. The minimum absolute atomic E-state index is 0.0810. The standard InChI is InChI=1S/C63H41F3N2/c1-62(2)56-20-12-11-19-49(56)53-32-43(24-29-57(53)62)42-23-28-48-46-17-9-10-18-47(46)52-37-61-55(36-51(52)50(48)31-42)54-33-41(38-21-26-44(27-22-38)63(64,65)66)25-30-60(54)68(61)45-34-58(39-13-5-3-6-14-39)67-59(35-45)40-15-7-4-8-16-40/h3-37H,1-2H3. The van der Waals surface area contributed by atoms with Crippen LogP contribution in [0.4, 0.5) is 13.2 Å². The summed E-state index contributed by atoms with van der Waals surface area (Å²) in [5, 5.41) is 8.97. The van der Waals surface area contributed by atoms with Gasteiger partial charge < -0.3 is 4.57 Å². The van der Waals surface area contributed by atoms with E-state index < -0.39 is 11.7 Å². The third kappa shape index (κ3) is 6.22. The number of benzene rings is 10. The molecule has 0 saturated heterocycles. The van der Waals surface area contributed by atoms with Gasteiger partial charge in [-0.2, -0.15) is 13.2 Å². The van der Waals surface area contributed by atoms with Gasteiger partial charge in [0.25, 0.3) is 0 Å². The zero-order valence-corrected chi connectivity index (χ0v) is 37.2. The van der Waals surface area contributed by atoms with E-state index in [1.165, 1.54) is 50.7 Å². The normalized spacial score (nSPS) is 13.2. The van der Waals surface area contributed by atoms with Crippen LogP contribution >= 0.6 is 0 Å². The van der Waals surface area contributed by atoms with Gasteiger partial charge in [0.15, 0.2) is 0 Å². The Morgan fingerprint density at radius 2 is 0.868 bits per heavy atom. The Morgan fingerprint density at radius 1 is 0.368 bits per heavy atom. The summed E-state index contributed by atoms with van der Waals surface area (Å²) in [6.45, 7) is 4.63. The van der Waals surface area contributed by atoms with Gasteiger partial charge in [0.2, 0.25) is 0 Å². The summed E-state index contributed by atoms with van der Waals surface area (Å²) < 4.78 is 43.5. The number of rotatable bonds is 5. The fourth-order valence-electron chi connectivity index (χ4n) is 11.0. The molecule has 0 N–H and O–H groups in total. The molecule has 0 unspecified atom stereocenters. The van der Waals surface area contributed by atoms with Crippen LogP contribution in [0.2, 0.25) is 0 Å². The summed E-state index contributed by atoms with van der Waals surface area (Å²) in [4.78, 5) is 5.22. The highest BCUT2D eigenvalue weighted by molar-refractivity contribution is 6.29. The van der Waals surface area contributed by atoms with Crippen molar-refractivity contribution in [3.63, 3.8) is 0 Å². The number of nitrogens with zero attached hydrogens (tertiary/aromatic N) is 2. The lowest BCUT2D eigenvalue weighted by Gasteiger charge is -2.21. The van der Waals surface area contributed by atoms with Gasteiger partial charge in [-0.25, -0.2) is 4.98 Å². The molecule has 0 aliphatic heterocycles. The molecule has 0 saturated carbocycles. The van der Waals surface area contributed by atoms with Crippen molar-refractivity contribution < 1.29 is 13.2 Å². The molecule has 10 aromatic carbocycles. The molecule has 1 aliphatic carbocycles. The van der Waals surface area contributed by atoms with Crippen molar-refractivity contribution in [3.05, 3.63) is 229 Å². The van der Waals surface area contributed by atoms with Gasteiger partial charge >= 0.3 is 6.18 Å². The number of fused-ring (bicyclic) bond motifs is 12. The number of hydrogen-bond acceptors (Lipinski definition) is 1. The summed E-state index contributed by atoms with van der Waals surface area (Å²) in [7, 11) is 0. The van der Waals surface area contributed by atoms with Gasteiger partial charge in [0, 0.05) is 27.3 Å². The first-order valence-electron chi connectivity index (χ1n) is 23.0. The minimum atomic E-state index is -4.42. The zero-order chi connectivity index (χ0) is 45.9. The highest BCUT2D eigenvalue weighted by atomic mass is 19.4. The molecule has 2 nitrogen and oxygen atoms in total. The second-order valence-corrected chi connectivity index (χ2v) is 18.6. The molecular formula is C63H41F3N2. The lowest BCUT2D eigenvalue weighted by atomic mass is 9.82. The van der Waals surface area contributed by atoms with E-state index in [0.29, 0.717) is 5.56 Å². The van der Waals surface area contributed by atoms with Crippen molar-refractivity contribution in [3.8, 4) is 61.6 Å². The second kappa shape index (κ2) is 14.9. The van der Waals surface area contributed by atoms with E-state index in [9.17, 15) is 13.2 Å². The number of hydrogen-bond donors (Lipinski definition) is 0. The van der Waals surface area contributed by atoms with Gasteiger partial charge in [-0.05, 0) is 137 Å². The van der Waals surface area contributed by atoms with Crippen molar-refractivity contribution in [1.82, 2.24) is 9.55 Å². The van der Waals surface area contributed by atoms with Crippen molar-refractivity contribution in [1.29, 1.82) is 0 Å². The monoisotopic (exact) mass is 882 g/mol. The maximum absolute atomic E-state index is 13.7. The maximum Gasteiger partial charge on any atom is 0.416 e. The Bertz CT molecular complexity index is 3960. The first-order valence-corrected chi connectivity index (χ1v) is 23.0. The van der Waals surface area contributed by atoms with Crippen LogP contribution < -0.4 is 0 Å². The smallest absolute Gasteiger partial charge is 0.309 e. The highest BCUT2D eigenvalue weighted by Gasteiger charge is 2.35. The van der Waals surface area contributed by atoms with E-state index in [1.807, 2.05) is 42.5 Å². The summed E-state index contributed by atoms with van der Waals surface area (Å²) in [5.41, 5.74) is 15.0. The largest absolute Gasteiger partial charge is 0.416 e. The van der Waals surface area contributed by atoms with Crippen LogP contribution in [-0.4, -0.2) is 9.55 Å². The molecule has 324 valence electrons. The van der Waals surface area contributed by atoms with Crippen LogP contribution in [0.5, 0.6) is 0 Å². The highest BCUT2D eigenvalue weighted by Crippen LogP contribution is 2.50. The molecule has 0 bridgehead atoms. The van der Waals surface area contributed by atoms with Crippen LogP contribution in [-0.2, 0) is 11.6 Å². The Balaban J connectivity index is 1.10. The fraction of sp³-hybridized carbons (Fsp3) is 0.0635. The molecule has 2 heterocycles. The third-order valence-corrected chi connectivity index (χ3v) is 14.4. The van der Waals surface area contributed by atoms with Gasteiger partial charge in [0.05, 0.1) is 33.7 Å². The van der Waals surface area contributed by atoms with Crippen LogP contribution in [0.1, 0.15) is 30.5 Å². The molecule has 5 heteroatoms. The molecule has 13 rings (SSSR count). The van der Waals surface area contributed by atoms with Crippen LogP contribution in [0.3, 0.4) is 0 Å². The fourth-order valence-corrected chi connectivity index (χ4v) is 11.0. The Hall–Kier alpha value is -8.28. The number of pyridine rings is 1. The maximum atomic E-state index is 13.7. The van der Waals surface area contributed by atoms with E-state index in [0.717, 1.165) is 82.7 Å². The first-order chi connectivity index (χ1) is 33.1. The van der Waals surface area contributed by atoms with Crippen molar-refractivity contribution in [2.24, 2.45) is 0 Å². The summed E-state index contributed by atoms with van der Waals surface area (Å²) in [6, 6.07) is 72.6. The van der Waals surface area contributed by atoms with Crippen LogP contribution in [0.15, 0.2) is 212 Å².